The van der Waals surface area contributed by atoms with Crippen molar-refractivity contribution in [3.63, 3.8) is 0 Å². The van der Waals surface area contributed by atoms with Crippen molar-refractivity contribution in [3.05, 3.63) is 27.4 Å². The molecule has 1 aromatic heterocycles. The Hall–Kier alpha value is -1.15. The van der Waals surface area contributed by atoms with E-state index in [1.807, 2.05) is 27.7 Å². The second-order valence-corrected chi connectivity index (χ2v) is 6.93. The van der Waals surface area contributed by atoms with Gasteiger partial charge in [0.25, 0.3) is 0 Å². The normalized spacial score (nSPS) is 20.8. The molecule has 0 spiro atoms. The maximum atomic E-state index is 10.9. The van der Waals surface area contributed by atoms with Crippen LogP contribution in [0, 0.1) is 0 Å². The van der Waals surface area contributed by atoms with Crippen LogP contribution in [0.1, 0.15) is 42.9 Å². The average molecular weight is 310 g/mol. The van der Waals surface area contributed by atoms with Crippen LogP contribution in [0.3, 0.4) is 0 Å². The number of hydrogen-bond acceptors (Lipinski definition) is 5. The van der Waals surface area contributed by atoms with E-state index < -0.39 is 24.3 Å². The fraction of sp³-hybridized carbons (Fsp3) is 0.500. The zero-order valence-electron chi connectivity index (χ0n) is 12.5. The van der Waals surface area contributed by atoms with Crippen molar-refractivity contribution in [1.82, 2.24) is 0 Å². The third-order valence-electron chi connectivity index (χ3n) is 3.92. The van der Waals surface area contributed by atoms with Crippen LogP contribution in [0.15, 0.2) is 16.9 Å². The van der Waals surface area contributed by atoms with Crippen molar-refractivity contribution in [1.29, 1.82) is 0 Å². The summed E-state index contributed by atoms with van der Waals surface area (Å²) in [6.45, 7) is 7.55. The van der Waals surface area contributed by atoms with E-state index in [4.69, 9.17) is 14.4 Å². The van der Waals surface area contributed by atoms with Gasteiger partial charge in [-0.25, -0.2) is 4.79 Å². The molecule has 114 valence electrons. The van der Waals surface area contributed by atoms with E-state index in [0.29, 0.717) is 5.47 Å². The first-order valence-corrected chi connectivity index (χ1v) is 7.53. The van der Waals surface area contributed by atoms with Crippen LogP contribution in [0.4, 0.5) is 0 Å². The Bertz CT molecular complexity index is 560. The predicted octanol–water partition coefficient (Wildman–Crippen LogP) is 2.45. The SMILES string of the molecule is CC1(C)OB(C(=Cc2csc(C(=O)O)c2)CO)OC1(C)C. The molecule has 0 unspecified atom stereocenters. The molecule has 21 heavy (non-hydrogen) atoms. The van der Waals surface area contributed by atoms with Crippen LogP contribution in [0.25, 0.3) is 6.08 Å². The lowest BCUT2D eigenvalue weighted by Gasteiger charge is -2.32. The number of carboxylic acids is 1. The number of carboxylic acid groups (broad SMARTS) is 1. The third-order valence-corrected chi connectivity index (χ3v) is 4.86. The van der Waals surface area contributed by atoms with Gasteiger partial charge in [0.05, 0.1) is 17.8 Å². The standard InChI is InChI=1S/C14H19BO5S/c1-13(2)14(3,4)20-15(19-13)10(7-16)5-9-6-11(12(17)18)21-8-9/h5-6,8,16H,7H2,1-4H3,(H,17,18). The van der Waals surface area contributed by atoms with E-state index in [0.717, 1.165) is 16.9 Å². The molecule has 0 aromatic carbocycles. The van der Waals surface area contributed by atoms with Crippen LogP contribution in [0.2, 0.25) is 0 Å². The molecule has 2 N–H and O–H groups in total. The Morgan fingerprint density at radius 2 is 1.90 bits per heavy atom. The Labute approximate surface area is 128 Å². The van der Waals surface area contributed by atoms with Gasteiger partial charge in [-0.2, -0.15) is 0 Å². The molecule has 5 nitrogen and oxygen atoms in total. The minimum absolute atomic E-state index is 0.213. The lowest BCUT2D eigenvalue weighted by molar-refractivity contribution is 0.00578. The second-order valence-electron chi connectivity index (χ2n) is 6.02. The van der Waals surface area contributed by atoms with E-state index in [9.17, 15) is 9.90 Å². The summed E-state index contributed by atoms with van der Waals surface area (Å²) in [6.07, 6.45) is 1.71. The van der Waals surface area contributed by atoms with Gasteiger partial charge in [-0.1, -0.05) is 6.08 Å². The van der Waals surface area contributed by atoms with E-state index >= 15 is 0 Å². The molecule has 1 aliphatic rings. The van der Waals surface area contributed by atoms with Crippen LogP contribution >= 0.6 is 11.3 Å². The quantitative estimate of drug-likeness (QED) is 0.836. The fourth-order valence-corrected chi connectivity index (χ4v) is 2.64. The van der Waals surface area contributed by atoms with Crippen molar-refractivity contribution in [2.75, 3.05) is 6.61 Å². The summed E-state index contributed by atoms with van der Waals surface area (Å²) in [5.41, 5.74) is 0.333. The van der Waals surface area contributed by atoms with E-state index in [-0.39, 0.29) is 11.5 Å². The first kappa shape index (κ1) is 16.2. The van der Waals surface area contributed by atoms with Crippen LogP contribution < -0.4 is 0 Å². The number of carbonyl (C=O) groups is 1. The van der Waals surface area contributed by atoms with Gasteiger partial charge >= 0.3 is 13.1 Å². The molecule has 2 rings (SSSR count). The highest BCUT2D eigenvalue weighted by atomic mass is 32.1. The molecule has 0 amide bonds. The Morgan fingerprint density at radius 1 is 1.33 bits per heavy atom. The first-order valence-electron chi connectivity index (χ1n) is 6.65. The monoisotopic (exact) mass is 310 g/mol. The molecule has 1 fully saturated rings. The van der Waals surface area contributed by atoms with E-state index in [1.54, 1.807) is 17.5 Å². The maximum Gasteiger partial charge on any atom is 0.492 e. The van der Waals surface area contributed by atoms with Crippen LogP contribution in [-0.2, 0) is 9.31 Å². The molecule has 0 atom stereocenters. The van der Waals surface area contributed by atoms with Crippen molar-refractivity contribution in [2.45, 2.75) is 38.9 Å². The van der Waals surface area contributed by atoms with Crippen molar-refractivity contribution < 1.29 is 24.3 Å². The van der Waals surface area contributed by atoms with Crippen LogP contribution in [-0.4, -0.2) is 41.1 Å². The second kappa shape index (κ2) is 5.57. The topological polar surface area (TPSA) is 76.0 Å². The number of aromatic carboxylic acids is 1. The molecule has 0 saturated carbocycles. The largest absolute Gasteiger partial charge is 0.492 e. The Kier molecular flexibility index (Phi) is 4.30. The smallest absolute Gasteiger partial charge is 0.477 e. The molecule has 0 bridgehead atoms. The van der Waals surface area contributed by atoms with Gasteiger partial charge in [-0.15, -0.1) is 11.3 Å². The highest BCUT2D eigenvalue weighted by molar-refractivity contribution is 7.12. The molecule has 0 radical (unpaired) electrons. The summed E-state index contributed by atoms with van der Waals surface area (Å²) < 4.78 is 11.8. The summed E-state index contributed by atoms with van der Waals surface area (Å²) in [4.78, 5) is 11.1. The Balaban J connectivity index is 2.24. The zero-order valence-corrected chi connectivity index (χ0v) is 13.4. The van der Waals surface area contributed by atoms with Gasteiger partial charge in [0.1, 0.15) is 4.88 Å². The van der Waals surface area contributed by atoms with Crippen molar-refractivity contribution in [2.24, 2.45) is 0 Å². The minimum atomic E-state index is -0.958. The predicted molar refractivity (Wildman–Crippen MR) is 82.4 cm³/mol. The van der Waals surface area contributed by atoms with Gasteiger partial charge in [0.2, 0.25) is 0 Å². The number of thiophene rings is 1. The van der Waals surface area contributed by atoms with E-state index in [1.165, 1.54) is 0 Å². The first-order chi connectivity index (χ1) is 9.66. The minimum Gasteiger partial charge on any atom is -0.477 e. The molecule has 1 aromatic rings. The van der Waals surface area contributed by atoms with Gasteiger partial charge in [-0.05, 0) is 50.2 Å². The van der Waals surface area contributed by atoms with Gasteiger partial charge in [0, 0.05) is 0 Å². The van der Waals surface area contributed by atoms with Crippen molar-refractivity contribution >= 4 is 30.5 Å². The number of aliphatic hydroxyl groups excluding tert-OH is 1. The molecule has 0 aliphatic carbocycles. The summed E-state index contributed by atoms with van der Waals surface area (Å²) in [6, 6.07) is 1.56. The zero-order chi connectivity index (χ0) is 15.8. The fourth-order valence-electron chi connectivity index (χ4n) is 1.94. The highest BCUT2D eigenvalue weighted by Crippen LogP contribution is 2.38. The van der Waals surface area contributed by atoms with E-state index in [2.05, 4.69) is 0 Å². The Morgan fingerprint density at radius 3 is 2.33 bits per heavy atom. The molecular weight excluding hydrogens is 291 g/mol. The third kappa shape index (κ3) is 3.21. The summed E-state index contributed by atoms with van der Waals surface area (Å²) >= 11 is 1.14. The summed E-state index contributed by atoms with van der Waals surface area (Å²) in [7, 11) is -0.631. The molecular formula is C14H19BO5S. The molecule has 1 aliphatic heterocycles. The number of hydrogen-bond donors (Lipinski definition) is 2. The molecule has 7 heteroatoms. The number of aliphatic hydroxyl groups is 1. The van der Waals surface area contributed by atoms with Gasteiger partial charge < -0.3 is 19.5 Å². The highest BCUT2D eigenvalue weighted by Gasteiger charge is 2.52. The number of rotatable bonds is 4. The average Bonchev–Trinajstić information content (AvgIpc) is 2.90. The van der Waals surface area contributed by atoms with Gasteiger partial charge in [-0.3, -0.25) is 0 Å². The summed E-state index contributed by atoms with van der Waals surface area (Å²) in [5, 5.41) is 20.2. The lowest BCUT2D eigenvalue weighted by Crippen LogP contribution is -2.41. The van der Waals surface area contributed by atoms with Crippen LogP contribution in [0.5, 0.6) is 0 Å². The molecule has 1 saturated heterocycles. The van der Waals surface area contributed by atoms with Crippen molar-refractivity contribution in [3.8, 4) is 0 Å². The van der Waals surface area contributed by atoms with Gasteiger partial charge in [0.15, 0.2) is 0 Å². The lowest BCUT2D eigenvalue weighted by atomic mass is 9.78. The molecule has 2 heterocycles. The maximum absolute atomic E-state index is 10.9. The summed E-state index contributed by atoms with van der Waals surface area (Å²) in [5.74, 6) is -0.958.